The van der Waals surface area contributed by atoms with Crippen LogP contribution in [0.3, 0.4) is 0 Å². The van der Waals surface area contributed by atoms with Gasteiger partial charge in [0.15, 0.2) is 0 Å². The first-order chi connectivity index (χ1) is 9.23. The molecule has 1 aromatic rings. The third-order valence-corrected chi connectivity index (χ3v) is 5.14. The maximum Gasteiger partial charge on any atom is 0.244 e. The molecule has 0 unspecified atom stereocenters. The molecule has 20 heavy (non-hydrogen) atoms. The Balaban J connectivity index is 3.21. The molecule has 0 aliphatic heterocycles. The standard InChI is InChI=1S/C14H27N3O2S/c1-6-16(9-11(2)3)20(18,19)14-7-13(8-15)17(10-14)12(4)5/h7,10-12H,6,8-9,15H2,1-5H3. The van der Waals surface area contributed by atoms with Crippen molar-refractivity contribution in [3.8, 4) is 0 Å². The first-order valence-electron chi connectivity index (χ1n) is 7.15. The summed E-state index contributed by atoms with van der Waals surface area (Å²) < 4.78 is 28.8. The van der Waals surface area contributed by atoms with E-state index in [2.05, 4.69) is 0 Å². The van der Waals surface area contributed by atoms with Gasteiger partial charge in [0.05, 0.1) is 0 Å². The fourth-order valence-electron chi connectivity index (χ4n) is 2.24. The van der Waals surface area contributed by atoms with E-state index in [1.807, 2.05) is 39.2 Å². The van der Waals surface area contributed by atoms with Crippen molar-refractivity contribution >= 4 is 10.0 Å². The largest absolute Gasteiger partial charge is 0.346 e. The highest BCUT2D eigenvalue weighted by Gasteiger charge is 2.26. The average Bonchev–Trinajstić information content (AvgIpc) is 2.80. The molecule has 2 N–H and O–H groups in total. The first-order valence-corrected chi connectivity index (χ1v) is 8.59. The van der Waals surface area contributed by atoms with E-state index in [1.165, 1.54) is 4.31 Å². The molecular formula is C14H27N3O2S. The van der Waals surface area contributed by atoms with Gasteiger partial charge in [0.25, 0.3) is 0 Å². The Labute approximate surface area is 122 Å². The summed E-state index contributed by atoms with van der Waals surface area (Å²) in [4.78, 5) is 0.342. The number of aromatic nitrogens is 1. The van der Waals surface area contributed by atoms with Gasteiger partial charge in [-0.3, -0.25) is 0 Å². The van der Waals surface area contributed by atoms with Gasteiger partial charge in [-0.25, -0.2) is 8.42 Å². The third kappa shape index (κ3) is 3.62. The molecule has 0 fully saturated rings. The van der Waals surface area contributed by atoms with E-state index in [0.29, 0.717) is 30.4 Å². The zero-order chi connectivity index (χ0) is 15.5. The fraction of sp³-hybridized carbons (Fsp3) is 0.714. The van der Waals surface area contributed by atoms with Crippen molar-refractivity contribution < 1.29 is 8.42 Å². The van der Waals surface area contributed by atoms with E-state index < -0.39 is 10.0 Å². The van der Waals surface area contributed by atoms with Gasteiger partial charge < -0.3 is 10.3 Å². The van der Waals surface area contributed by atoms with E-state index in [4.69, 9.17) is 5.73 Å². The Bertz CT molecular complexity index is 533. The van der Waals surface area contributed by atoms with Crippen LogP contribution in [0.1, 0.15) is 46.4 Å². The lowest BCUT2D eigenvalue weighted by Crippen LogP contribution is -2.33. The van der Waals surface area contributed by atoms with Gasteiger partial charge in [-0.15, -0.1) is 0 Å². The minimum absolute atomic E-state index is 0.192. The number of hydrogen-bond donors (Lipinski definition) is 1. The molecule has 0 aliphatic rings. The summed E-state index contributed by atoms with van der Waals surface area (Å²) in [5, 5.41) is 0. The second-order valence-electron chi connectivity index (χ2n) is 5.72. The summed E-state index contributed by atoms with van der Waals surface area (Å²) in [6, 6.07) is 1.89. The second-order valence-corrected chi connectivity index (χ2v) is 7.66. The van der Waals surface area contributed by atoms with Crippen LogP contribution >= 0.6 is 0 Å². The highest BCUT2D eigenvalue weighted by molar-refractivity contribution is 7.89. The molecule has 0 saturated heterocycles. The molecule has 0 aromatic carbocycles. The van der Waals surface area contributed by atoms with Crippen LogP contribution in [0.2, 0.25) is 0 Å². The van der Waals surface area contributed by atoms with Gasteiger partial charge in [-0.2, -0.15) is 4.31 Å². The van der Waals surface area contributed by atoms with Crippen LogP contribution in [-0.2, 0) is 16.6 Å². The number of nitrogens with two attached hydrogens (primary N) is 1. The number of rotatable bonds is 7. The maximum atomic E-state index is 12.7. The first kappa shape index (κ1) is 17.2. The van der Waals surface area contributed by atoms with E-state index in [1.54, 1.807) is 12.3 Å². The Morgan fingerprint density at radius 3 is 2.25 bits per heavy atom. The van der Waals surface area contributed by atoms with Crippen LogP contribution in [0, 0.1) is 5.92 Å². The van der Waals surface area contributed by atoms with E-state index in [-0.39, 0.29) is 6.04 Å². The number of nitrogens with zero attached hydrogens (tertiary/aromatic N) is 2. The smallest absolute Gasteiger partial charge is 0.244 e. The molecular weight excluding hydrogens is 274 g/mol. The van der Waals surface area contributed by atoms with Gasteiger partial charge in [-0.05, 0) is 25.8 Å². The van der Waals surface area contributed by atoms with Crippen LogP contribution in [0.25, 0.3) is 0 Å². The zero-order valence-electron chi connectivity index (χ0n) is 13.1. The monoisotopic (exact) mass is 301 g/mol. The topological polar surface area (TPSA) is 68.3 Å². The van der Waals surface area contributed by atoms with Crippen molar-refractivity contribution in [2.75, 3.05) is 13.1 Å². The quantitative estimate of drug-likeness (QED) is 0.839. The molecule has 1 rings (SSSR count). The predicted octanol–water partition coefficient (Wildman–Crippen LogP) is 2.19. The van der Waals surface area contributed by atoms with Crippen LogP contribution in [0.4, 0.5) is 0 Å². The Morgan fingerprint density at radius 1 is 1.30 bits per heavy atom. The highest BCUT2D eigenvalue weighted by atomic mass is 32.2. The van der Waals surface area contributed by atoms with Gasteiger partial charge in [-0.1, -0.05) is 20.8 Å². The molecule has 5 nitrogen and oxygen atoms in total. The zero-order valence-corrected chi connectivity index (χ0v) is 13.9. The average molecular weight is 301 g/mol. The summed E-state index contributed by atoms with van der Waals surface area (Å²) in [6.45, 7) is 11.3. The molecule has 0 radical (unpaired) electrons. The molecule has 1 aromatic heterocycles. The fourth-order valence-corrected chi connectivity index (χ4v) is 3.90. The lowest BCUT2D eigenvalue weighted by atomic mass is 10.2. The highest BCUT2D eigenvalue weighted by Crippen LogP contribution is 2.22. The van der Waals surface area contributed by atoms with E-state index >= 15 is 0 Å². The molecule has 116 valence electrons. The van der Waals surface area contributed by atoms with Crippen LogP contribution in [-0.4, -0.2) is 30.4 Å². The van der Waals surface area contributed by atoms with Gasteiger partial charge in [0.1, 0.15) is 4.90 Å². The third-order valence-electron chi connectivity index (χ3n) is 3.23. The van der Waals surface area contributed by atoms with E-state index in [9.17, 15) is 8.42 Å². The molecule has 0 atom stereocenters. The maximum absolute atomic E-state index is 12.7. The summed E-state index contributed by atoms with van der Waals surface area (Å²) in [5.74, 6) is 0.297. The molecule has 6 heteroatoms. The summed E-state index contributed by atoms with van der Waals surface area (Å²) in [7, 11) is -3.43. The van der Waals surface area contributed by atoms with Crippen molar-refractivity contribution in [1.82, 2.24) is 8.87 Å². The van der Waals surface area contributed by atoms with Crippen LogP contribution in [0.15, 0.2) is 17.2 Å². The second kappa shape index (κ2) is 6.74. The van der Waals surface area contributed by atoms with Crippen molar-refractivity contribution in [2.24, 2.45) is 11.7 Å². The van der Waals surface area contributed by atoms with Gasteiger partial charge in [0.2, 0.25) is 10.0 Å². The van der Waals surface area contributed by atoms with Crippen LogP contribution in [0.5, 0.6) is 0 Å². The lowest BCUT2D eigenvalue weighted by molar-refractivity contribution is 0.381. The van der Waals surface area contributed by atoms with Crippen molar-refractivity contribution in [1.29, 1.82) is 0 Å². The summed E-state index contributed by atoms with van der Waals surface area (Å²) in [5.41, 5.74) is 6.55. The van der Waals surface area contributed by atoms with Crippen molar-refractivity contribution in [2.45, 2.75) is 52.1 Å². The Hall–Kier alpha value is -0.850. The summed E-state index contributed by atoms with van der Waals surface area (Å²) in [6.07, 6.45) is 1.70. The molecule has 0 saturated carbocycles. The molecule has 0 aliphatic carbocycles. The summed E-state index contributed by atoms with van der Waals surface area (Å²) >= 11 is 0. The predicted molar refractivity (Wildman–Crippen MR) is 82.0 cm³/mol. The van der Waals surface area contributed by atoms with Gasteiger partial charge >= 0.3 is 0 Å². The Morgan fingerprint density at radius 2 is 1.90 bits per heavy atom. The number of sulfonamides is 1. The number of hydrogen-bond acceptors (Lipinski definition) is 3. The normalized spacial score (nSPS) is 12.8. The Kier molecular flexibility index (Phi) is 5.79. The lowest BCUT2D eigenvalue weighted by Gasteiger charge is -2.21. The minimum Gasteiger partial charge on any atom is -0.346 e. The van der Waals surface area contributed by atoms with E-state index in [0.717, 1.165) is 5.69 Å². The molecule has 1 heterocycles. The van der Waals surface area contributed by atoms with Gasteiger partial charge in [0, 0.05) is 37.6 Å². The van der Waals surface area contributed by atoms with Crippen molar-refractivity contribution in [3.63, 3.8) is 0 Å². The molecule has 0 bridgehead atoms. The molecule has 0 spiro atoms. The molecule has 0 amide bonds. The minimum atomic E-state index is -3.43. The van der Waals surface area contributed by atoms with Crippen LogP contribution < -0.4 is 5.73 Å². The van der Waals surface area contributed by atoms with Crippen molar-refractivity contribution in [3.05, 3.63) is 18.0 Å². The SMILES string of the molecule is CCN(CC(C)C)S(=O)(=O)c1cc(CN)n(C(C)C)c1.